The summed E-state index contributed by atoms with van der Waals surface area (Å²) >= 11 is 0. The monoisotopic (exact) mass is 196 g/mol. The van der Waals surface area contributed by atoms with E-state index in [0.717, 1.165) is 0 Å². The van der Waals surface area contributed by atoms with Crippen LogP contribution in [-0.2, 0) is 0 Å². The third kappa shape index (κ3) is 2.56. The first-order chi connectivity index (χ1) is 6.65. The van der Waals surface area contributed by atoms with Crippen molar-refractivity contribution in [1.29, 1.82) is 0 Å². The molecule has 0 aliphatic carbocycles. The minimum Gasteiger partial charge on any atom is -0.396 e. The second-order valence-electron chi connectivity index (χ2n) is 3.33. The Bertz CT molecular complexity index is 273. The number of aromatic nitrogens is 2. The van der Waals surface area contributed by atoms with Gasteiger partial charge < -0.3 is 15.7 Å². The number of nitrogen functional groups attached to an aromatic ring is 1. The molecular formula is C9H16N4O. The second kappa shape index (κ2) is 4.76. The van der Waals surface area contributed by atoms with E-state index < -0.39 is 0 Å². The molecule has 0 spiro atoms. The number of aliphatic hydroxyl groups excluding tert-OH is 1. The predicted octanol–water partition coefficient (Wildman–Crippen LogP) is 0.266. The molecule has 1 rings (SSSR count). The van der Waals surface area contributed by atoms with Gasteiger partial charge in [0.2, 0.25) is 5.95 Å². The highest BCUT2D eigenvalue weighted by Gasteiger charge is 2.11. The third-order valence-electron chi connectivity index (χ3n) is 1.88. The lowest BCUT2D eigenvalue weighted by Gasteiger charge is -2.25. The minimum absolute atomic E-state index is 0.0892. The molecule has 1 aromatic rings. The number of anilines is 2. The van der Waals surface area contributed by atoms with Gasteiger partial charge in [0, 0.05) is 12.6 Å². The van der Waals surface area contributed by atoms with Crippen LogP contribution in [0.5, 0.6) is 0 Å². The fraction of sp³-hybridized carbons (Fsp3) is 0.556. The van der Waals surface area contributed by atoms with Gasteiger partial charge in [-0.2, -0.15) is 0 Å². The van der Waals surface area contributed by atoms with Crippen molar-refractivity contribution >= 4 is 11.6 Å². The van der Waals surface area contributed by atoms with E-state index in [1.54, 1.807) is 12.4 Å². The molecule has 3 N–H and O–H groups in total. The van der Waals surface area contributed by atoms with Crippen molar-refractivity contribution in [3.63, 3.8) is 0 Å². The van der Waals surface area contributed by atoms with Crippen LogP contribution in [0.3, 0.4) is 0 Å². The minimum atomic E-state index is 0.0892. The Labute approximate surface area is 83.6 Å². The summed E-state index contributed by atoms with van der Waals surface area (Å²) in [6.45, 7) is 4.66. The fourth-order valence-corrected chi connectivity index (χ4v) is 1.18. The number of nitrogens with two attached hydrogens (primary N) is 1. The maximum Gasteiger partial charge on any atom is 0.225 e. The maximum atomic E-state index is 8.88. The molecule has 0 amide bonds. The average molecular weight is 196 g/mol. The second-order valence-corrected chi connectivity index (χ2v) is 3.33. The fourth-order valence-electron chi connectivity index (χ4n) is 1.18. The number of nitrogens with zero attached hydrogens (tertiary/aromatic N) is 3. The lowest BCUT2D eigenvalue weighted by molar-refractivity contribution is 0.298. The first kappa shape index (κ1) is 10.7. The van der Waals surface area contributed by atoms with Gasteiger partial charge in [0.1, 0.15) is 0 Å². The normalized spacial score (nSPS) is 10.6. The maximum absolute atomic E-state index is 8.88. The highest BCUT2D eigenvalue weighted by atomic mass is 16.3. The molecule has 0 aliphatic heterocycles. The van der Waals surface area contributed by atoms with Crippen molar-refractivity contribution < 1.29 is 5.11 Å². The zero-order valence-electron chi connectivity index (χ0n) is 8.51. The van der Waals surface area contributed by atoms with E-state index in [9.17, 15) is 0 Å². The molecule has 0 atom stereocenters. The van der Waals surface area contributed by atoms with E-state index in [0.29, 0.717) is 18.2 Å². The summed E-state index contributed by atoms with van der Waals surface area (Å²) in [6, 6.07) is 0.255. The van der Waals surface area contributed by atoms with Gasteiger partial charge in [0.05, 0.1) is 24.7 Å². The molecule has 5 heteroatoms. The highest BCUT2D eigenvalue weighted by Crippen LogP contribution is 2.10. The summed E-state index contributed by atoms with van der Waals surface area (Å²) in [5.41, 5.74) is 6.03. The molecule has 0 saturated heterocycles. The number of hydrogen-bond donors (Lipinski definition) is 2. The molecule has 1 aromatic heterocycles. The van der Waals surface area contributed by atoms with Crippen molar-refractivity contribution in [2.45, 2.75) is 19.9 Å². The first-order valence-electron chi connectivity index (χ1n) is 4.60. The third-order valence-corrected chi connectivity index (χ3v) is 1.88. The van der Waals surface area contributed by atoms with E-state index in [1.807, 2.05) is 18.7 Å². The molecule has 14 heavy (non-hydrogen) atoms. The molecule has 0 bridgehead atoms. The number of hydrogen-bond acceptors (Lipinski definition) is 5. The summed E-state index contributed by atoms with van der Waals surface area (Å²) in [6.07, 6.45) is 3.13. The summed E-state index contributed by atoms with van der Waals surface area (Å²) in [7, 11) is 0. The summed E-state index contributed by atoms with van der Waals surface area (Å²) in [4.78, 5) is 10.1. The van der Waals surface area contributed by atoms with E-state index in [-0.39, 0.29) is 12.6 Å². The summed E-state index contributed by atoms with van der Waals surface area (Å²) in [5, 5.41) is 8.88. The van der Waals surface area contributed by atoms with Crippen LogP contribution < -0.4 is 10.6 Å². The molecule has 1 heterocycles. The summed E-state index contributed by atoms with van der Waals surface area (Å²) < 4.78 is 0. The van der Waals surface area contributed by atoms with Gasteiger partial charge in [-0.05, 0) is 13.8 Å². The van der Waals surface area contributed by atoms with Crippen molar-refractivity contribution in [3.05, 3.63) is 12.4 Å². The highest BCUT2D eigenvalue weighted by molar-refractivity contribution is 5.38. The van der Waals surface area contributed by atoms with E-state index in [2.05, 4.69) is 9.97 Å². The van der Waals surface area contributed by atoms with Crippen molar-refractivity contribution in [2.24, 2.45) is 0 Å². The molecular weight excluding hydrogens is 180 g/mol. The van der Waals surface area contributed by atoms with Crippen LogP contribution in [0.2, 0.25) is 0 Å². The van der Waals surface area contributed by atoms with Crippen LogP contribution >= 0.6 is 0 Å². The van der Waals surface area contributed by atoms with E-state index in [4.69, 9.17) is 10.8 Å². The Balaban J connectivity index is 2.82. The van der Waals surface area contributed by atoms with Crippen molar-refractivity contribution in [3.8, 4) is 0 Å². The standard InChI is InChI=1S/C9H16N4O/c1-7(2)13(3-4-14)9-11-5-8(10)6-12-9/h5-7,14H,3-4,10H2,1-2H3. The topological polar surface area (TPSA) is 75.3 Å². The van der Waals surface area contributed by atoms with Crippen LogP contribution in [0.25, 0.3) is 0 Å². The molecule has 5 nitrogen and oxygen atoms in total. The smallest absolute Gasteiger partial charge is 0.225 e. The van der Waals surface area contributed by atoms with Gasteiger partial charge >= 0.3 is 0 Å². The Morgan fingerprint density at radius 3 is 2.43 bits per heavy atom. The van der Waals surface area contributed by atoms with Gasteiger partial charge in [0.15, 0.2) is 0 Å². The van der Waals surface area contributed by atoms with Crippen LogP contribution in [-0.4, -0.2) is 34.3 Å². The Kier molecular flexibility index (Phi) is 3.64. The van der Waals surface area contributed by atoms with Crippen molar-refractivity contribution in [2.75, 3.05) is 23.8 Å². The number of rotatable bonds is 4. The van der Waals surface area contributed by atoms with Crippen LogP contribution in [0.1, 0.15) is 13.8 Å². The molecule has 0 aliphatic rings. The zero-order valence-corrected chi connectivity index (χ0v) is 8.51. The van der Waals surface area contributed by atoms with Gasteiger partial charge in [0.25, 0.3) is 0 Å². The Morgan fingerprint density at radius 2 is 2.00 bits per heavy atom. The van der Waals surface area contributed by atoms with Gasteiger partial charge in [-0.3, -0.25) is 0 Å². The molecule has 0 radical (unpaired) electrons. The Hall–Kier alpha value is -1.36. The Morgan fingerprint density at radius 1 is 1.43 bits per heavy atom. The van der Waals surface area contributed by atoms with Crippen LogP contribution in [0.4, 0.5) is 11.6 Å². The average Bonchev–Trinajstić information content (AvgIpc) is 2.15. The lowest BCUT2D eigenvalue weighted by Crippen LogP contribution is -2.34. The zero-order chi connectivity index (χ0) is 10.6. The number of aliphatic hydroxyl groups is 1. The molecule has 0 saturated carbocycles. The summed E-state index contributed by atoms with van der Waals surface area (Å²) in [5.74, 6) is 0.600. The SMILES string of the molecule is CC(C)N(CCO)c1ncc(N)cn1. The van der Waals surface area contributed by atoms with Gasteiger partial charge in [-0.1, -0.05) is 0 Å². The molecule has 0 unspecified atom stereocenters. The quantitative estimate of drug-likeness (QED) is 0.722. The van der Waals surface area contributed by atoms with Gasteiger partial charge in [-0.15, -0.1) is 0 Å². The molecule has 0 aromatic carbocycles. The molecule has 78 valence electrons. The lowest BCUT2D eigenvalue weighted by atomic mass is 10.3. The first-order valence-corrected chi connectivity index (χ1v) is 4.60. The largest absolute Gasteiger partial charge is 0.396 e. The van der Waals surface area contributed by atoms with Gasteiger partial charge in [-0.25, -0.2) is 9.97 Å². The van der Waals surface area contributed by atoms with Crippen LogP contribution in [0, 0.1) is 0 Å². The predicted molar refractivity (Wildman–Crippen MR) is 56.0 cm³/mol. The van der Waals surface area contributed by atoms with Crippen LogP contribution in [0.15, 0.2) is 12.4 Å². The molecule has 0 fully saturated rings. The van der Waals surface area contributed by atoms with Crippen molar-refractivity contribution in [1.82, 2.24) is 9.97 Å². The van der Waals surface area contributed by atoms with E-state index >= 15 is 0 Å². The van der Waals surface area contributed by atoms with E-state index in [1.165, 1.54) is 0 Å².